The van der Waals surface area contributed by atoms with Gasteiger partial charge in [-0.1, -0.05) is 0 Å². The molecule has 0 amide bonds. The summed E-state index contributed by atoms with van der Waals surface area (Å²) in [6, 6.07) is 0. The summed E-state index contributed by atoms with van der Waals surface area (Å²) < 4.78 is 88.3. The van der Waals surface area contributed by atoms with Gasteiger partial charge in [-0.3, -0.25) is 0 Å². The molecule has 0 spiro atoms. The Morgan fingerprint density at radius 1 is 0.262 bits per heavy atom. The van der Waals surface area contributed by atoms with Crippen molar-refractivity contribution in [3.8, 4) is 0 Å². The van der Waals surface area contributed by atoms with Crippen molar-refractivity contribution in [1.29, 1.82) is 0 Å². The molecule has 0 heterocycles. The minimum atomic E-state index is -6.68. The van der Waals surface area contributed by atoms with E-state index >= 15 is 0 Å². The standard InChI is InChI=1S/C6H18O24P6.6Na/c7-31(8,9)25-1-2(26-32(10,11)12)4(28-34(16,17)18)6(30-36(22,23)24)5(29-35(19,20)21)3(1)27-33(13,14)15;;;;;;/h1-6H,(H2,7,8,9)(H2,10,11,12)(H2,13,14,15)(H2,16,17,18)(H2,19,20,21)(H2,22,23,24);;;;;;/q;6*+1/p-12. The summed E-state index contributed by atoms with van der Waals surface area (Å²) in [5.74, 6) is 0. The Bertz CT molecular complexity index is 843. The van der Waals surface area contributed by atoms with Gasteiger partial charge in [0.1, 0.15) is 36.6 Å². The molecular weight excluding hydrogens is 780 g/mol. The van der Waals surface area contributed by atoms with Crippen LogP contribution in [0.5, 0.6) is 0 Å². The normalized spacial score (nSPS) is 25.1. The van der Waals surface area contributed by atoms with Gasteiger partial charge in [0.25, 0.3) is 0 Å². The number of hydrogen-bond acceptors (Lipinski definition) is 24. The second-order valence-corrected chi connectivity index (χ2v) is 12.7. The second kappa shape index (κ2) is 23.4. The molecule has 0 unspecified atom stereocenters. The predicted molar refractivity (Wildman–Crippen MR) is 74.9 cm³/mol. The van der Waals surface area contributed by atoms with E-state index in [2.05, 4.69) is 27.1 Å². The first kappa shape index (κ1) is 60.7. The number of hydrogen-bond donors (Lipinski definition) is 0. The van der Waals surface area contributed by atoms with Crippen LogP contribution in [0.1, 0.15) is 0 Å². The molecule has 0 bridgehead atoms. The number of phosphoric ester groups is 6. The van der Waals surface area contributed by atoms with E-state index in [0.717, 1.165) is 0 Å². The molecule has 1 aliphatic rings. The van der Waals surface area contributed by atoms with Crippen LogP contribution in [0.25, 0.3) is 0 Å². The minimum Gasteiger partial charge on any atom is -0.790 e. The predicted octanol–water partition coefficient (Wildman–Crippen LogP) is -28.7. The zero-order valence-electron chi connectivity index (χ0n) is 21.9. The molecule has 0 radical (unpaired) electrons. The van der Waals surface area contributed by atoms with Crippen LogP contribution in [0, 0.1) is 0 Å². The monoisotopic (exact) mass is 786 g/mol. The molecule has 0 aromatic carbocycles. The maximum Gasteiger partial charge on any atom is 1.00 e. The Morgan fingerprint density at radius 3 is 0.381 bits per heavy atom. The first-order valence-corrected chi connectivity index (χ1v) is 16.6. The van der Waals surface area contributed by atoms with E-state index in [1.54, 1.807) is 0 Å². The maximum atomic E-state index is 11.1. The van der Waals surface area contributed by atoms with Gasteiger partial charge in [0.15, 0.2) is 0 Å². The van der Waals surface area contributed by atoms with E-state index in [9.17, 15) is 86.1 Å². The van der Waals surface area contributed by atoms with Gasteiger partial charge in [-0.25, -0.2) is 0 Å². The third-order valence-electron chi connectivity index (χ3n) is 3.45. The average molecular weight is 786 g/mol. The number of rotatable bonds is 12. The van der Waals surface area contributed by atoms with E-state index in [1.165, 1.54) is 0 Å². The van der Waals surface area contributed by atoms with E-state index in [1.807, 2.05) is 0 Å². The summed E-state index contributed by atoms with van der Waals surface area (Å²) in [5.41, 5.74) is 0. The van der Waals surface area contributed by atoms with Gasteiger partial charge in [-0.2, -0.15) is 0 Å². The van der Waals surface area contributed by atoms with Gasteiger partial charge >= 0.3 is 177 Å². The third-order valence-corrected chi connectivity index (χ3v) is 6.46. The average Bonchev–Trinajstić information content (AvgIpc) is 2.51. The van der Waals surface area contributed by atoms with Crippen LogP contribution in [-0.4, -0.2) is 36.6 Å². The SMILES string of the molecule is O=P([O-])([O-])OC1C(OP(=O)([O-])[O-])C(OP(=O)([O-])[O-])C(OP(=O)([O-])[O-])C(OP(=O)([O-])[O-])C1OP(=O)([O-])[O-].[Na+].[Na+].[Na+].[Na+].[Na+].[Na+]. The molecule has 0 aliphatic heterocycles. The van der Waals surface area contributed by atoms with Gasteiger partial charge in [0.05, 0.1) is 46.9 Å². The van der Waals surface area contributed by atoms with E-state index < -0.39 is 83.6 Å². The molecule has 0 saturated heterocycles. The van der Waals surface area contributed by atoms with Crippen LogP contribution in [0.4, 0.5) is 0 Å². The summed E-state index contributed by atoms with van der Waals surface area (Å²) in [5, 5.41) is 0. The summed E-state index contributed by atoms with van der Waals surface area (Å²) in [7, 11) is -40.1. The van der Waals surface area contributed by atoms with Crippen molar-refractivity contribution < 1.29 is 291 Å². The molecule has 0 aromatic rings. The summed E-state index contributed by atoms with van der Waals surface area (Å²) in [6.45, 7) is 0. The van der Waals surface area contributed by atoms with Crippen molar-refractivity contribution in [2.45, 2.75) is 36.6 Å². The summed E-state index contributed by atoms with van der Waals surface area (Å²) in [4.78, 5) is 133. The van der Waals surface area contributed by atoms with Gasteiger partial charge in [0.2, 0.25) is 0 Å². The van der Waals surface area contributed by atoms with Crippen molar-refractivity contribution in [3.05, 3.63) is 0 Å². The molecule has 1 fully saturated rings. The Hall–Kier alpha value is 6.66. The molecule has 0 aromatic heterocycles. The van der Waals surface area contributed by atoms with Crippen molar-refractivity contribution in [2.75, 3.05) is 0 Å². The number of phosphoric acid groups is 6. The van der Waals surface area contributed by atoms with Crippen LogP contribution >= 0.6 is 46.9 Å². The fourth-order valence-corrected chi connectivity index (χ4v) is 5.96. The van der Waals surface area contributed by atoms with Gasteiger partial charge < -0.3 is 113 Å². The first-order valence-electron chi connectivity index (χ1n) is 7.80. The zero-order chi connectivity index (χ0) is 28.7. The van der Waals surface area contributed by atoms with Crippen molar-refractivity contribution >= 4 is 46.9 Å². The molecule has 36 heteroatoms. The maximum absolute atomic E-state index is 11.1. The second-order valence-electron chi connectivity index (χ2n) is 6.10. The van der Waals surface area contributed by atoms with Crippen molar-refractivity contribution in [1.82, 2.24) is 0 Å². The Labute approximate surface area is 368 Å². The molecule has 1 saturated carbocycles. The summed E-state index contributed by atoms with van der Waals surface area (Å²) >= 11 is 0. The van der Waals surface area contributed by atoms with Gasteiger partial charge in [0, 0.05) is 0 Å². The zero-order valence-corrected chi connectivity index (χ0v) is 39.3. The molecule has 0 N–H and O–H groups in total. The largest absolute Gasteiger partial charge is 1.00 e. The Balaban J connectivity index is -0.000000540. The van der Waals surface area contributed by atoms with Crippen molar-refractivity contribution in [2.24, 2.45) is 0 Å². The van der Waals surface area contributed by atoms with Crippen LogP contribution in [0.15, 0.2) is 0 Å². The van der Waals surface area contributed by atoms with Crippen LogP contribution < -0.4 is 236 Å². The molecule has 1 rings (SSSR count). The van der Waals surface area contributed by atoms with Crippen LogP contribution in [0.2, 0.25) is 0 Å². The van der Waals surface area contributed by atoms with E-state index in [4.69, 9.17) is 0 Å². The minimum absolute atomic E-state index is 0. The van der Waals surface area contributed by atoms with E-state index in [-0.39, 0.29) is 177 Å². The quantitative estimate of drug-likeness (QED) is 0.131. The molecule has 216 valence electrons. The van der Waals surface area contributed by atoms with E-state index in [0.29, 0.717) is 0 Å². The molecule has 24 nitrogen and oxygen atoms in total. The van der Waals surface area contributed by atoms with Crippen molar-refractivity contribution in [3.63, 3.8) is 0 Å². The third kappa shape index (κ3) is 26.4. The Morgan fingerprint density at radius 2 is 0.333 bits per heavy atom. The Kier molecular flexibility index (Phi) is 33.8. The first-order chi connectivity index (χ1) is 15.6. The fraction of sp³-hybridized carbons (Fsp3) is 1.00. The molecular formula is C6H6Na6O24P6-6. The fourth-order valence-electron chi connectivity index (χ4n) is 2.74. The molecule has 42 heavy (non-hydrogen) atoms. The smallest absolute Gasteiger partial charge is 0.790 e. The van der Waals surface area contributed by atoms with Crippen LogP contribution in [0.3, 0.4) is 0 Å². The van der Waals surface area contributed by atoms with Gasteiger partial charge in [-0.15, -0.1) is 0 Å². The molecule has 1 aliphatic carbocycles. The molecule has 0 atom stereocenters. The van der Waals surface area contributed by atoms with Gasteiger partial charge in [-0.05, 0) is 0 Å². The van der Waals surface area contributed by atoms with Crippen LogP contribution in [-0.2, 0) is 54.5 Å². The topological polar surface area (TPSA) is 435 Å². The summed E-state index contributed by atoms with van der Waals surface area (Å²) in [6.07, 6.45) is -21.5.